The summed E-state index contributed by atoms with van der Waals surface area (Å²) in [6.07, 6.45) is 3.43. The van der Waals surface area contributed by atoms with Crippen molar-refractivity contribution in [2.24, 2.45) is 0 Å². The molecule has 0 aliphatic carbocycles. The highest BCUT2D eigenvalue weighted by molar-refractivity contribution is 9.10. The second kappa shape index (κ2) is 6.46. The summed E-state index contributed by atoms with van der Waals surface area (Å²) >= 11 is 9.53. The number of hydrogen-bond acceptors (Lipinski definition) is 3. The van der Waals surface area contributed by atoms with E-state index in [0.29, 0.717) is 0 Å². The number of hydrogen-bond donors (Lipinski definition) is 1. The van der Waals surface area contributed by atoms with E-state index in [9.17, 15) is 0 Å². The predicted molar refractivity (Wildman–Crippen MR) is 81.2 cm³/mol. The van der Waals surface area contributed by atoms with Gasteiger partial charge in [0.15, 0.2) is 0 Å². The number of nitrogens with one attached hydrogen (secondary N) is 1. The molecule has 0 fully saturated rings. The molecule has 1 N–H and O–H groups in total. The van der Waals surface area contributed by atoms with Crippen LogP contribution in [-0.2, 0) is 6.54 Å². The van der Waals surface area contributed by atoms with Gasteiger partial charge < -0.3 is 5.32 Å². The lowest BCUT2D eigenvalue weighted by atomic mass is 10.1. The Hall–Kier alpha value is -0.970. The molecule has 0 amide bonds. The second-order valence-corrected chi connectivity index (χ2v) is 5.66. The SMILES string of the molecule is Cc1nccnc1C(C)NCc1cc(Cl)ccc1Br. The van der Waals surface area contributed by atoms with Crippen molar-refractivity contribution >= 4 is 27.5 Å². The van der Waals surface area contributed by atoms with Crippen LogP contribution in [0.25, 0.3) is 0 Å². The van der Waals surface area contributed by atoms with Gasteiger partial charge in [-0.15, -0.1) is 0 Å². The molecule has 19 heavy (non-hydrogen) atoms. The van der Waals surface area contributed by atoms with Crippen molar-refractivity contribution in [3.05, 3.63) is 57.0 Å². The number of aromatic nitrogens is 2. The van der Waals surface area contributed by atoms with E-state index in [2.05, 4.69) is 38.1 Å². The first-order valence-corrected chi connectivity index (χ1v) is 7.20. The van der Waals surface area contributed by atoms with Crippen molar-refractivity contribution in [1.29, 1.82) is 0 Å². The molecule has 1 heterocycles. The maximum Gasteiger partial charge on any atom is 0.0782 e. The third kappa shape index (κ3) is 3.75. The van der Waals surface area contributed by atoms with Crippen LogP contribution < -0.4 is 5.32 Å². The maximum atomic E-state index is 6.00. The summed E-state index contributed by atoms with van der Waals surface area (Å²) < 4.78 is 1.05. The van der Waals surface area contributed by atoms with Crippen LogP contribution in [0.1, 0.15) is 29.9 Å². The van der Waals surface area contributed by atoms with E-state index in [4.69, 9.17) is 11.6 Å². The van der Waals surface area contributed by atoms with Crippen LogP contribution in [-0.4, -0.2) is 9.97 Å². The van der Waals surface area contributed by atoms with Crippen LogP contribution >= 0.6 is 27.5 Å². The van der Waals surface area contributed by atoms with Gasteiger partial charge in [0.05, 0.1) is 11.4 Å². The number of rotatable bonds is 4. The van der Waals surface area contributed by atoms with Crippen molar-refractivity contribution in [3.63, 3.8) is 0 Å². The highest BCUT2D eigenvalue weighted by Crippen LogP contribution is 2.22. The Morgan fingerprint density at radius 1 is 1.32 bits per heavy atom. The number of nitrogens with zero attached hydrogens (tertiary/aromatic N) is 2. The third-order valence-electron chi connectivity index (χ3n) is 2.94. The van der Waals surface area contributed by atoms with Crippen LogP contribution in [0.2, 0.25) is 5.02 Å². The van der Waals surface area contributed by atoms with Crippen LogP contribution in [0.4, 0.5) is 0 Å². The Labute approximate surface area is 126 Å². The number of benzene rings is 1. The van der Waals surface area contributed by atoms with Crippen molar-refractivity contribution < 1.29 is 0 Å². The van der Waals surface area contributed by atoms with Crippen molar-refractivity contribution in [2.45, 2.75) is 26.4 Å². The Bertz CT molecular complexity index is 574. The van der Waals surface area contributed by atoms with Gasteiger partial charge in [-0.2, -0.15) is 0 Å². The lowest BCUT2D eigenvalue weighted by molar-refractivity contribution is 0.554. The van der Waals surface area contributed by atoms with Gasteiger partial charge in [-0.05, 0) is 37.6 Å². The standard InChI is InChI=1S/C14H15BrClN3/c1-9-14(18-6-5-17-9)10(2)19-8-11-7-12(16)3-4-13(11)15/h3-7,10,19H,8H2,1-2H3. The first-order chi connectivity index (χ1) is 9.08. The van der Waals surface area contributed by atoms with E-state index in [1.807, 2.05) is 25.1 Å². The molecule has 2 aromatic rings. The van der Waals surface area contributed by atoms with Crippen LogP contribution in [0.15, 0.2) is 35.1 Å². The van der Waals surface area contributed by atoms with E-state index in [1.54, 1.807) is 12.4 Å². The molecule has 0 radical (unpaired) electrons. The third-order valence-corrected chi connectivity index (χ3v) is 3.94. The lowest BCUT2D eigenvalue weighted by Crippen LogP contribution is -2.20. The molecule has 0 bridgehead atoms. The molecule has 1 aromatic heterocycles. The Kier molecular flexibility index (Phi) is 4.91. The minimum absolute atomic E-state index is 0.139. The van der Waals surface area contributed by atoms with E-state index in [0.717, 1.165) is 33.0 Å². The van der Waals surface area contributed by atoms with Crippen molar-refractivity contribution in [1.82, 2.24) is 15.3 Å². The molecule has 0 saturated heterocycles. The highest BCUT2D eigenvalue weighted by atomic mass is 79.9. The van der Waals surface area contributed by atoms with Crippen LogP contribution in [0, 0.1) is 6.92 Å². The van der Waals surface area contributed by atoms with Gasteiger partial charge in [0, 0.05) is 34.5 Å². The van der Waals surface area contributed by atoms with E-state index in [1.165, 1.54) is 0 Å². The molecule has 0 aliphatic heterocycles. The molecule has 0 saturated carbocycles. The van der Waals surface area contributed by atoms with E-state index >= 15 is 0 Å². The van der Waals surface area contributed by atoms with Crippen molar-refractivity contribution in [3.8, 4) is 0 Å². The molecule has 0 spiro atoms. The fourth-order valence-corrected chi connectivity index (χ4v) is 2.46. The lowest BCUT2D eigenvalue weighted by Gasteiger charge is -2.15. The first-order valence-electron chi connectivity index (χ1n) is 6.02. The fraction of sp³-hybridized carbons (Fsp3) is 0.286. The summed E-state index contributed by atoms with van der Waals surface area (Å²) in [6.45, 7) is 4.77. The van der Waals surface area contributed by atoms with Gasteiger partial charge in [-0.25, -0.2) is 0 Å². The zero-order valence-electron chi connectivity index (χ0n) is 10.8. The smallest absolute Gasteiger partial charge is 0.0782 e. The van der Waals surface area contributed by atoms with Gasteiger partial charge in [0.2, 0.25) is 0 Å². The Morgan fingerprint density at radius 3 is 2.79 bits per heavy atom. The molecule has 1 unspecified atom stereocenters. The van der Waals surface area contributed by atoms with Crippen molar-refractivity contribution in [2.75, 3.05) is 0 Å². The monoisotopic (exact) mass is 339 g/mol. The summed E-state index contributed by atoms with van der Waals surface area (Å²) in [6, 6.07) is 5.91. The molecule has 2 rings (SSSR count). The van der Waals surface area contributed by atoms with E-state index in [-0.39, 0.29) is 6.04 Å². The summed E-state index contributed by atoms with van der Waals surface area (Å²) in [5.74, 6) is 0. The van der Waals surface area contributed by atoms with Gasteiger partial charge in [0.25, 0.3) is 0 Å². The van der Waals surface area contributed by atoms with Crippen LogP contribution in [0.3, 0.4) is 0 Å². The summed E-state index contributed by atoms with van der Waals surface area (Å²) in [7, 11) is 0. The summed E-state index contributed by atoms with van der Waals surface area (Å²) in [4.78, 5) is 8.62. The van der Waals surface area contributed by atoms with Gasteiger partial charge in [-0.1, -0.05) is 27.5 Å². The Morgan fingerprint density at radius 2 is 2.05 bits per heavy atom. The minimum atomic E-state index is 0.139. The van der Waals surface area contributed by atoms with Gasteiger partial charge >= 0.3 is 0 Å². The van der Waals surface area contributed by atoms with Crippen LogP contribution in [0.5, 0.6) is 0 Å². The average molecular weight is 341 g/mol. The first kappa shape index (κ1) is 14.4. The molecule has 5 heteroatoms. The van der Waals surface area contributed by atoms with Gasteiger partial charge in [-0.3, -0.25) is 9.97 Å². The second-order valence-electron chi connectivity index (χ2n) is 4.37. The predicted octanol–water partition coefficient (Wildman–Crippen LogP) is 4.05. The minimum Gasteiger partial charge on any atom is -0.305 e. The molecular weight excluding hydrogens is 326 g/mol. The maximum absolute atomic E-state index is 6.00. The normalized spacial score (nSPS) is 12.4. The topological polar surface area (TPSA) is 37.8 Å². The molecule has 1 aromatic carbocycles. The molecule has 3 nitrogen and oxygen atoms in total. The average Bonchev–Trinajstić information content (AvgIpc) is 2.40. The molecule has 100 valence electrons. The molecule has 1 atom stereocenters. The fourth-order valence-electron chi connectivity index (χ4n) is 1.88. The van der Waals surface area contributed by atoms with Gasteiger partial charge in [0.1, 0.15) is 0 Å². The largest absolute Gasteiger partial charge is 0.305 e. The quantitative estimate of drug-likeness (QED) is 0.912. The number of aryl methyl sites for hydroxylation is 1. The molecular formula is C14H15BrClN3. The zero-order chi connectivity index (χ0) is 13.8. The number of halogens is 2. The highest BCUT2D eigenvalue weighted by Gasteiger charge is 2.10. The Balaban J connectivity index is 2.06. The zero-order valence-corrected chi connectivity index (χ0v) is 13.2. The summed E-state index contributed by atoms with van der Waals surface area (Å²) in [5, 5.41) is 4.17. The summed E-state index contributed by atoms with van der Waals surface area (Å²) in [5.41, 5.74) is 3.05. The van der Waals surface area contributed by atoms with E-state index < -0.39 is 0 Å². The molecule has 0 aliphatic rings.